The highest BCUT2D eigenvalue weighted by Crippen LogP contribution is 2.43. The van der Waals surface area contributed by atoms with Gasteiger partial charge in [0.05, 0.1) is 12.1 Å². The molecule has 0 spiro atoms. The average Bonchev–Trinajstić information content (AvgIpc) is 2.57. The Morgan fingerprint density at radius 2 is 2.38 bits per heavy atom. The third-order valence-electron chi connectivity index (χ3n) is 3.57. The summed E-state index contributed by atoms with van der Waals surface area (Å²) in [6, 6.07) is 1.90. The summed E-state index contributed by atoms with van der Waals surface area (Å²) in [5.74, 6) is 0.267. The lowest BCUT2D eigenvalue weighted by Gasteiger charge is -2.40. The molecule has 4 nitrogen and oxygen atoms in total. The highest BCUT2D eigenvalue weighted by atomic mass is 16.1. The molecular formula is C12H19N3O. The highest BCUT2D eigenvalue weighted by molar-refractivity contribution is 5.81. The lowest BCUT2D eigenvalue weighted by Crippen LogP contribution is -2.39. The number of aromatic nitrogens is 2. The first-order chi connectivity index (χ1) is 7.63. The number of aryl methyl sites for hydroxylation is 1. The fourth-order valence-electron chi connectivity index (χ4n) is 2.37. The van der Waals surface area contributed by atoms with E-state index in [1.807, 2.05) is 19.3 Å². The predicted octanol–water partition coefficient (Wildman–Crippen LogP) is 1.05. The molecule has 2 rings (SSSR count). The molecule has 1 aromatic heterocycles. The molecule has 0 atom stereocenters. The Morgan fingerprint density at radius 3 is 2.81 bits per heavy atom. The van der Waals surface area contributed by atoms with Gasteiger partial charge in [-0.15, -0.1) is 0 Å². The van der Waals surface area contributed by atoms with E-state index < -0.39 is 0 Å². The molecule has 1 fully saturated rings. The molecule has 0 aromatic carbocycles. The molecule has 0 saturated heterocycles. The normalized spacial score (nSPS) is 18.1. The molecule has 2 N–H and O–H groups in total. The molecule has 1 aromatic rings. The van der Waals surface area contributed by atoms with E-state index in [0.717, 1.165) is 18.5 Å². The molecule has 0 amide bonds. The van der Waals surface area contributed by atoms with Crippen LogP contribution in [0, 0.1) is 5.41 Å². The molecule has 4 heteroatoms. The number of hydrogen-bond acceptors (Lipinski definition) is 3. The standard InChI is InChI=1S/C12H19N3O/c1-15-6-3-10(14-15)7-11(16)8-12(9-13)4-2-5-12/h3,6H,2,4-5,7-9,13H2,1H3. The summed E-state index contributed by atoms with van der Waals surface area (Å²) >= 11 is 0. The van der Waals surface area contributed by atoms with E-state index in [9.17, 15) is 4.79 Å². The number of nitrogens with zero attached hydrogens (tertiary/aromatic N) is 2. The summed E-state index contributed by atoms with van der Waals surface area (Å²) in [6.45, 7) is 0.640. The van der Waals surface area contributed by atoms with Crippen molar-refractivity contribution in [2.75, 3.05) is 6.54 Å². The van der Waals surface area contributed by atoms with E-state index >= 15 is 0 Å². The molecule has 1 aliphatic rings. The predicted molar refractivity (Wildman–Crippen MR) is 61.9 cm³/mol. The van der Waals surface area contributed by atoms with Crippen LogP contribution in [0.15, 0.2) is 12.3 Å². The molecule has 88 valence electrons. The van der Waals surface area contributed by atoms with Crippen LogP contribution in [0.5, 0.6) is 0 Å². The second-order valence-corrected chi connectivity index (χ2v) is 4.93. The van der Waals surface area contributed by atoms with E-state index in [4.69, 9.17) is 5.73 Å². The van der Waals surface area contributed by atoms with Crippen LogP contribution >= 0.6 is 0 Å². The fourth-order valence-corrected chi connectivity index (χ4v) is 2.37. The summed E-state index contributed by atoms with van der Waals surface area (Å²) in [6.07, 6.45) is 6.37. The van der Waals surface area contributed by atoms with Gasteiger partial charge in [0.15, 0.2) is 0 Å². The Labute approximate surface area is 95.8 Å². The van der Waals surface area contributed by atoms with Crippen molar-refractivity contribution in [2.45, 2.75) is 32.1 Å². The minimum absolute atomic E-state index is 0.117. The zero-order valence-corrected chi connectivity index (χ0v) is 9.78. The molecule has 1 heterocycles. The van der Waals surface area contributed by atoms with Gasteiger partial charge >= 0.3 is 0 Å². The second kappa shape index (κ2) is 4.37. The van der Waals surface area contributed by atoms with Crippen molar-refractivity contribution in [3.8, 4) is 0 Å². The Hall–Kier alpha value is -1.16. The summed E-state index contributed by atoms with van der Waals surface area (Å²) in [5, 5.41) is 4.21. The maximum atomic E-state index is 11.9. The van der Waals surface area contributed by atoms with Crippen LogP contribution in [-0.2, 0) is 18.3 Å². The summed E-state index contributed by atoms with van der Waals surface area (Å²) in [4.78, 5) is 11.9. The van der Waals surface area contributed by atoms with Crippen molar-refractivity contribution in [3.63, 3.8) is 0 Å². The van der Waals surface area contributed by atoms with E-state index in [1.54, 1.807) is 4.68 Å². The number of nitrogens with two attached hydrogens (primary N) is 1. The quantitative estimate of drug-likeness (QED) is 0.808. The van der Waals surface area contributed by atoms with Crippen LogP contribution in [0.25, 0.3) is 0 Å². The molecule has 16 heavy (non-hydrogen) atoms. The van der Waals surface area contributed by atoms with E-state index in [-0.39, 0.29) is 11.2 Å². The van der Waals surface area contributed by atoms with Gasteiger partial charge in [0.1, 0.15) is 5.78 Å². The number of carbonyl (C=O) groups is 1. The smallest absolute Gasteiger partial charge is 0.139 e. The van der Waals surface area contributed by atoms with Gasteiger partial charge in [0.25, 0.3) is 0 Å². The highest BCUT2D eigenvalue weighted by Gasteiger charge is 2.37. The average molecular weight is 221 g/mol. The first kappa shape index (κ1) is 11.3. The molecule has 0 aliphatic heterocycles. The van der Waals surface area contributed by atoms with Gasteiger partial charge < -0.3 is 5.73 Å². The summed E-state index contributed by atoms with van der Waals surface area (Å²) in [7, 11) is 1.86. The van der Waals surface area contributed by atoms with Gasteiger partial charge in [0, 0.05) is 19.7 Å². The molecule has 0 unspecified atom stereocenters. The molecule has 0 radical (unpaired) electrons. The van der Waals surface area contributed by atoms with Crippen molar-refractivity contribution >= 4 is 5.78 Å². The number of hydrogen-bond donors (Lipinski definition) is 1. The third kappa shape index (κ3) is 2.32. The molecule has 1 saturated carbocycles. The second-order valence-electron chi connectivity index (χ2n) is 4.93. The maximum Gasteiger partial charge on any atom is 0.139 e. The first-order valence-corrected chi connectivity index (χ1v) is 5.84. The van der Waals surface area contributed by atoms with Crippen LogP contribution in [0.3, 0.4) is 0 Å². The van der Waals surface area contributed by atoms with Gasteiger partial charge in [-0.05, 0) is 30.9 Å². The molecule has 1 aliphatic carbocycles. The van der Waals surface area contributed by atoms with Gasteiger partial charge in [-0.1, -0.05) is 6.42 Å². The van der Waals surface area contributed by atoms with Crippen molar-refractivity contribution in [3.05, 3.63) is 18.0 Å². The largest absolute Gasteiger partial charge is 0.330 e. The Bertz CT molecular complexity index is 374. The minimum atomic E-state index is 0.117. The van der Waals surface area contributed by atoms with Crippen LogP contribution in [0.1, 0.15) is 31.4 Å². The van der Waals surface area contributed by atoms with Gasteiger partial charge in [-0.25, -0.2) is 0 Å². The summed E-state index contributed by atoms with van der Waals surface area (Å²) < 4.78 is 1.73. The zero-order chi connectivity index (χ0) is 11.6. The Morgan fingerprint density at radius 1 is 1.62 bits per heavy atom. The van der Waals surface area contributed by atoms with Gasteiger partial charge in [0.2, 0.25) is 0 Å². The summed E-state index contributed by atoms with van der Waals surface area (Å²) in [5.41, 5.74) is 6.72. The number of rotatable bonds is 5. The molecular weight excluding hydrogens is 202 g/mol. The van der Waals surface area contributed by atoms with Crippen LogP contribution in [0.2, 0.25) is 0 Å². The van der Waals surface area contributed by atoms with E-state index in [0.29, 0.717) is 19.4 Å². The van der Waals surface area contributed by atoms with Crippen LogP contribution in [-0.4, -0.2) is 22.1 Å². The molecule has 0 bridgehead atoms. The Kier molecular flexibility index (Phi) is 3.10. The maximum absolute atomic E-state index is 11.9. The third-order valence-corrected chi connectivity index (χ3v) is 3.57. The van der Waals surface area contributed by atoms with E-state index in [1.165, 1.54) is 6.42 Å². The lowest BCUT2D eigenvalue weighted by atomic mass is 9.66. The first-order valence-electron chi connectivity index (χ1n) is 5.84. The lowest BCUT2D eigenvalue weighted by molar-refractivity contribution is -0.122. The topological polar surface area (TPSA) is 60.9 Å². The number of carbonyl (C=O) groups excluding carboxylic acids is 1. The van der Waals surface area contributed by atoms with Crippen molar-refractivity contribution in [1.82, 2.24) is 9.78 Å². The minimum Gasteiger partial charge on any atom is -0.330 e. The van der Waals surface area contributed by atoms with Crippen molar-refractivity contribution < 1.29 is 4.79 Å². The van der Waals surface area contributed by atoms with Crippen LogP contribution < -0.4 is 5.73 Å². The van der Waals surface area contributed by atoms with Gasteiger partial charge in [-0.3, -0.25) is 9.48 Å². The number of Topliss-reactive ketones (excluding diaryl/α,β-unsaturated/α-hetero) is 1. The van der Waals surface area contributed by atoms with E-state index in [2.05, 4.69) is 5.10 Å². The van der Waals surface area contributed by atoms with Crippen LogP contribution in [0.4, 0.5) is 0 Å². The Balaban J connectivity index is 1.89. The van der Waals surface area contributed by atoms with Crippen molar-refractivity contribution in [1.29, 1.82) is 0 Å². The van der Waals surface area contributed by atoms with Crippen molar-refractivity contribution in [2.24, 2.45) is 18.2 Å². The number of ketones is 1. The SMILES string of the molecule is Cn1ccc(CC(=O)CC2(CN)CCC2)n1. The van der Waals surface area contributed by atoms with Gasteiger partial charge in [-0.2, -0.15) is 5.10 Å². The zero-order valence-electron chi connectivity index (χ0n) is 9.78. The fraction of sp³-hybridized carbons (Fsp3) is 0.667. The monoisotopic (exact) mass is 221 g/mol.